The molecule has 0 saturated carbocycles. The fourth-order valence-corrected chi connectivity index (χ4v) is 3.33. The van der Waals surface area contributed by atoms with Gasteiger partial charge in [-0.15, -0.1) is 0 Å². The van der Waals surface area contributed by atoms with Crippen molar-refractivity contribution in [2.75, 3.05) is 25.1 Å². The lowest BCUT2D eigenvalue weighted by molar-refractivity contribution is -0.0828. The minimum atomic E-state index is -0.0560. The van der Waals surface area contributed by atoms with Crippen molar-refractivity contribution in [2.24, 2.45) is 0 Å². The number of ether oxygens (including phenoxy) is 2. The summed E-state index contributed by atoms with van der Waals surface area (Å²) >= 11 is 9.46. The Hall–Kier alpha value is -0.290. The van der Waals surface area contributed by atoms with Crippen molar-refractivity contribution in [3.63, 3.8) is 0 Å². The maximum absolute atomic E-state index is 6.01. The summed E-state index contributed by atoms with van der Waals surface area (Å²) in [7, 11) is 0. The smallest absolute Gasteiger partial charge is 0.0956 e. The second-order valence-corrected chi connectivity index (χ2v) is 6.56. The highest BCUT2D eigenvalue weighted by atomic mass is 79.9. The minimum Gasteiger partial charge on any atom is -0.382 e. The third-order valence-electron chi connectivity index (χ3n) is 3.85. The highest BCUT2D eigenvalue weighted by Crippen LogP contribution is 2.34. The molecule has 2 heterocycles. The van der Waals surface area contributed by atoms with Gasteiger partial charge in [0.15, 0.2) is 0 Å². The number of hydrogen-bond acceptors (Lipinski definition) is 3. The number of hydrogen-bond donors (Lipinski definition) is 1. The van der Waals surface area contributed by atoms with Crippen LogP contribution < -0.4 is 5.32 Å². The van der Waals surface area contributed by atoms with Gasteiger partial charge in [-0.05, 0) is 47.0 Å². The average molecular weight is 347 g/mol. The van der Waals surface area contributed by atoms with Gasteiger partial charge >= 0.3 is 0 Å². The Morgan fingerprint density at radius 3 is 3.00 bits per heavy atom. The molecule has 2 saturated heterocycles. The van der Waals surface area contributed by atoms with Crippen molar-refractivity contribution in [1.82, 2.24) is 0 Å². The first-order valence-corrected chi connectivity index (χ1v) is 7.77. The van der Waals surface area contributed by atoms with Crippen LogP contribution in [0.1, 0.15) is 19.3 Å². The summed E-state index contributed by atoms with van der Waals surface area (Å²) in [6, 6.07) is 6.38. The standard InChI is InChI=1S/C14H17BrClNO2/c15-12-7-10(1-2-13(12)16)17-11-3-5-19-14(8-11)4-6-18-9-14/h1-2,7,11,17H,3-6,8-9H2. The molecule has 0 aromatic heterocycles. The predicted octanol–water partition coefficient (Wildman–Crippen LogP) is 3.85. The van der Waals surface area contributed by atoms with E-state index in [0.717, 1.165) is 54.3 Å². The van der Waals surface area contributed by atoms with E-state index in [4.69, 9.17) is 21.1 Å². The molecule has 0 radical (unpaired) electrons. The molecule has 3 rings (SSSR count). The molecule has 104 valence electrons. The number of nitrogens with one attached hydrogen (secondary N) is 1. The number of halogens is 2. The first kappa shape index (κ1) is 13.7. The van der Waals surface area contributed by atoms with Crippen molar-refractivity contribution in [3.8, 4) is 0 Å². The monoisotopic (exact) mass is 345 g/mol. The molecule has 5 heteroatoms. The molecule has 1 spiro atoms. The Kier molecular flexibility index (Phi) is 4.03. The zero-order valence-corrected chi connectivity index (χ0v) is 13.0. The molecule has 1 N–H and O–H groups in total. The molecule has 0 aliphatic carbocycles. The Labute approximate surface area is 126 Å². The molecular weight excluding hydrogens is 330 g/mol. The average Bonchev–Trinajstić information content (AvgIpc) is 2.82. The van der Waals surface area contributed by atoms with Crippen molar-refractivity contribution in [3.05, 3.63) is 27.7 Å². The highest BCUT2D eigenvalue weighted by Gasteiger charge is 2.40. The van der Waals surface area contributed by atoms with Gasteiger partial charge in [0.2, 0.25) is 0 Å². The van der Waals surface area contributed by atoms with Gasteiger partial charge in [0.25, 0.3) is 0 Å². The zero-order chi connectivity index (χ0) is 13.3. The summed E-state index contributed by atoms with van der Waals surface area (Å²) in [5.41, 5.74) is 1.04. The summed E-state index contributed by atoms with van der Waals surface area (Å²) in [6.07, 6.45) is 3.05. The molecule has 2 unspecified atom stereocenters. The lowest BCUT2D eigenvalue weighted by Gasteiger charge is -2.37. The summed E-state index contributed by atoms with van der Waals surface area (Å²) < 4.78 is 12.4. The maximum atomic E-state index is 6.01. The highest BCUT2D eigenvalue weighted by molar-refractivity contribution is 9.10. The summed E-state index contributed by atoms with van der Waals surface area (Å²) in [5.74, 6) is 0. The Morgan fingerprint density at radius 1 is 1.37 bits per heavy atom. The van der Waals surface area contributed by atoms with Crippen LogP contribution in [0.3, 0.4) is 0 Å². The quantitative estimate of drug-likeness (QED) is 0.882. The fraction of sp³-hybridized carbons (Fsp3) is 0.571. The third-order valence-corrected chi connectivity index (χ3v) is 5.06. The van der Waals surface area contributed by atoms with Crippen LogP contribution in [-0.2, 0) is 9.47 Å². The molecule has 0 amide bonds. The topological polar surface area (TPSA) is 30.5 Å². The Morgan fingerprint density at radius 2 is 2.26 bits per heavy atom. The Bertz CT molecular complexity index is 463. The van der Waals surface area contributed by atoms with Gasteiger partial charge in [-0.3, -0.25) is 0 Å². The molecule has 19 heavy (non-hydrogen) atoms. The molecule has 2 atom stereocenters. The zero-order valence-electron chi connectivity index (χ0n) is 10.6. The molecule has 2 aliphatic rings. The van der Waals surface area contributed by atoms with E-state index in [2.05, 4.69) is 21.2 Å². The normalized spacial score (nSPS) is 30.7. The van der Waals surface area contributed by atoms with Crippen LogP contribution in [-0.4, -0.2) is 31.5 Å². The van der Waals surface area contributed by atoms with Crippen LogP contribution >= 0.6 is 27.5 Å². The minimum absolute atomic E-state index is 0.0560. The van der Waals surface area contributed by atoms with Crippen molar-refractivity contribution in [1.29, 1.82) is 0 Å². The molecule has 1 aromatic carbocycles. The molecule has 2 aliphatic heterocycles. The van der Waals surface area contributed by atoms with E-state index in [1.165, 1.54) is 0 Å². The van der Waals surface area contributed by atoms with E-state index < -0.39 is 0 Å². The maximum Gasteiger partial charge on any atom is 0.0956 e. The molecular formula is C14H17BrClNO2. The molecule has 2 fully saturated rings. The lowest BCUT2D eigenvalue weighted by atomic mass is 9.89. The van der Waals surface area contributed by atoms with Gasteiger partial charge < -0.3 is 14.8 Å². The van der Waals surface area contributed by atoms with E-state index in [0.29, 0.717) is 6.04 Å². The second kappa shape index (κ2) is 5.60. The SMILES string of the molecule is Clc1ccc(NC2CCOC3(CCOC3)C2)cc1Br. The number of anilines is 1. The lowest BCUT2D eigenvalue weighted by Crippen LogP contribution is -2.44. The van der Waals surface area contributed by atoms with Crippen LogP contribution in [0, 0.1) is 0 Å². The first-order chi connectivity index (χ1) is 9.17. The van der Waals surface area contributed by atoms with Gasteiger partial charge in [0.05, 0.1) is 17.2 Å². The van der Waals surface area contributed by atoms with Gasteiger partial charge in [0, 0.05) is 35.8 Å². The van der Waals surface area contributed by atoms with Crippen LogP contribution in [0.5, 0.6) is 0 Å². The van der Waals surface area contributed by atoms with Crippen molar-refractivity contribution < 1.29 is 9.47 Å². The Balaban J connectivity index is 1.67. The van der Waals surface area contributed by atoms with Crippen molar-refractivity contribution in [2.45, 2.75) is 30.9 Å². The van der Waals surface area contributed by atoms with E-state index in [-0.39, 0.29) is 5.60 Å². The molecule has 3 nitrogen and oxygen atoms in total. The predicted molar refractivity (Wildman–Crippen MR) is 79.9 cm³/mol. The van der Waals surface area contributed by atoms with Crippen LogP contribution in [0.15, 0.2) is 22.7 Å². The fourth-order valence-electron chi connectivity index (χ4n) is 2.84. The summed E-state index contributed by atoms with van der Waals surface area (Å²) in [5, 5.41) is 4.31. The number of rotatable bonds is 2. The summed E-state index contributed by atoms with van der Waals surface area (Å²) in [4.78, 5) is 0. The third kappa shape index (κ3) is 3.07. The molecule has 1 aromatic rings. The van der Waals surface area contributed by atoms with E-state index in [1.807, 2.05) is 18.2 Å². The van der Waals surface area contributed by atoms with Gasteiger partial charge in [-0.1, -0.05) is 11.6 Å². The second-order valence-electron chi connectivity index (χ2n) is 5.30. The summed E-state index contributed by atoms with van der Waals surface area (Å²) in [6.45, 7) is 2.35. The van der Waals surface area contributed by atoms with Gasteiger partial charge in [0.1, 0.15) is 0 Å². The largest absolute Gasteiger partial charge is 0.382 e. The van der Waals surface area contributed by atoms with E-state index in [1.54, 1.807) is 0 Å². The van der Waals surface area contributed by atoms with E-state index >= 15 is 0 Å². The van der Waals surface area contributed by atoms with Gasteiger partial charge in [-0.25, -0.2) is 0 Å². The van der Waals surface area contributed by atoms with Crippen molar-refractivity contribution >= 4 is 33.2 Å². The van der Waals surface area contributed by atoms with Crippen LogP contribution in [0.25, 0.3) is 0 Å². The first-order valence-electron chi connectivity index (χ1n) is 6.60. The number of benzene rings is 1. The van der Waals surface area contributed by atoms with Gasteiger partial charge in [-0.2, -0.15) is 0 Å². The van der Waals surface area contributed by atoms with Crippen LogP contribution in [0.2, 0.25) is 5.02 Å². The van der Waals surface area contributed by atoms with Crippen LogP contribution in [0.4, 0.5) is 5.69 Å². The molecule has 0 bridgehead atoms. The van der Waals surface area contributed by atoms with E-state index in [9.17, 15) is 0 Å².